The number of halogens is 3. The molecule has 1 aromatic rings. The van der Waals surface area contributed by atoms with Crippen LogP contribution in [-0.4, -0.2) is 13.6 Å². The van der Waals surface area contributed by atoms with Gasteiger partial charge in [-0.25, -0.2) is 0 Å². The van der Waals surface area contributed by atoms with E-state index in [1.165, 1.54) is 12.1 Å². The maximum atomic E-state index is 12.4. The third-order valence-electron chi connectivity index (χ3n) is 1.72. The summed E-state index contributed by atoms with van der Waals surface area (Å²) in [5.74, 6) is 0.217. The van der Waals surface area contributed by atoms with Crippen molar-refractivity contribution in [3.05, 3.63) is 36.4 Å². The molecule has 0 aliphatic rings. The second kappa shape index (κ2) is 6.86. The van der Waals surface area contributed by atoms with Crippen LogP contribution in [0.3, 0.4) is 0 Å². The summed E-state index contributed by atoms with van der Waals surface area (Å²) < 4.78 is 42.2. The summed E-state index contributed by atoms with van der Waals surface area (Å²) in [4.78, 5) is 0. The molecule has 0 bridgehead atoms. The van der Waals surface area contributed by atoms with Gasteiger partial charge in [-0.1, -0.05) is 18.7 Å². The molecule has 1 rings (SSSR count). The van der Waals surface area contributed by atoms with Gasteiger partial charge in [0, 0.05) is 0 Å². The summed E-state index contributed by atoms with van der Waals surface area (Å²) in [5, 5.41) is 0. The molecule has 0 saturated carbocycles. The third-order valence-corrected chi connectivity index (χ3v) is 1.72. The van der Waals surface area contributed by atoms with Gasteiger partial charge in [-0.2, -0.15) is 0 Å². The van der Waals surface area contributed by atoms with E-state index in [1.807, 2.05) is 0 Å². The Balaban J connectivity index is 0.00000225. The molecule has 0 unspecified atom stereocenters. The Hall–Kier alpha value is 0.251. The molecule has 0 N–H and O–H groups in total. The van der Waals surface area contributed by atoms with Crippen molar-refractivity contribution in [1.29, 1.82) is 0 Å². The standard InChI is InChI=1S/C10H11BF3O.K/c1-8(2)7-15-10-5-3-4-9(6-10)11(12,13)14;/h3-6H,1,7H2,2H3;/q-1;+1. The average Bonchev–Trinajstić information content (AvgIpc) is 2.14. The van der Waals surface area contributed by atoms with Crippen LogP contribution in [0.2, 0.25) is 0 Å². The maximum absolute atomic E-state index is 12.4. The smallest absolute Gasteiger partial charge is 0.489 e. The number of rotatable bonds is 4. The van der Waals surface area contributed by atoms with E-state index in [4.69, 9.17) is 4.74 Å². The molecule has 0 saturated heterocycles. The van der Waals surface area contributed by atoms with Crippen LogP contribution in [0.15, 0.2) is 36.4 Å². The predicted octanol–water partition coefficient (Wildman–Crippen LogP) is -0.300. The van der Waals surface area contributed by atoms with Crippen LogP contribution in [0.25, 0.3) is 0 Å². The third kappa shape index (κ3) is 5.54. The summed E-state index contributed by atoms with van der Waals surface area (Å²) in [5.41, 5.74) is 0.118. The molecule has 1 nitrogen and oxygen atoms in total. The van der Waals surface area contributed by atoms with Crippen molar-refractivity contribution >= 4 is 12.4 Å². The molecule has 0 amide bonds. The molecule has 0 atom stereocenters. The fourth-order valence-corrected chi connectivity index (χ4v) is 1.01. The minimum absolute atomic E-state index is 0. The van der Waals surface area contributed by atoms with E-state index in [0.717, 1.165) is 17.7 Å². The van der Waals surface area contributed by atoms with E-state index < -0.39 is 12.4 Å². The minimum Gasteiger partial charge on any atom is -0.489 e. The fraction of sp³-hybridized carbons (Fsp3) is 0.200. The van der Waals surface area contributed by atoms with Gasteiger partial charge < -0.3 is 17.7 Å². The fourth-order valence-electron chi connectivity index (χ4n) is 1.01. The van der Waals surface area contributed by atoms with Crippen LogP contribution < -0.4 is 61.6 Å². The molecular weight excluding hydrogens is 243 g/mol. The van der Waals surface area contributed by atoms with E-state index in [9.17, 15) is 12.9 Å². The van der Waals surface area contributed by atoms with Gasteiger partial charge >= 0.3 is 58.4 Å². The van der Waals surface area contributed by atoms with Gasteiger partial charge in [0.2, 0.25) is 0 Å². The number of hydrogen-bond donors (Lipinski definition) is 0. The van der Waals surface area contributed by atoms with Crippen molar-refractivity contribution in [3.8, 4) is 5.75 Å². The van der Waals surface area contributed by atoms with Crippen LogP contribution in [0.5, 0.6) is 5.75 Å². The first-order chi connectivity index (χ1) is 6.89. The van der Waals surface area contributed by atoms with Crippen LogP contribution in [0.1, 0.15) is 6.92 Å². The first-order valence-electron chi connectivity index (χ1n) is 4.46. The molecule has 6 heteroatoms. The second-order valence-corrected chi connectivity index (χ2v) is 3.39. The van der Waals surface area contributed by atoms with Gasteiger partial charge in [0.25, 0.3) is 0 Å². The van der Waals surface area contributed by atoms with Crippen LogP contribution in [-0.2, 0) is 0 Å². The van der Waals surface area contributed by atoms with Crippen molar-refractivity contribution in [1.82, 2.24) is 0 Å². The molecule has 0 aliphatic carbocycles. The first-order valence-corrected chi connectivity index (χ1v) is 4.46. The molecule has 0 spiro atoms. The Morgan fingerprint density at radius 1 is 1.38 bits per heavy atom. The minimum atomic E-state index is -4.96. The number of benzene rings is 1. The average molecular weight is 254 g/mol. The molecule has 0 heterocycles. The van der Waals surface area contributed by atoms with Crippen LogP contribution in [0, 0.1) is 0 Å². The number of ether oxygens (including phenoxy) is 1. The van der Waals surface area contributed by atoms with Crippen LogP contribution >= 0.6 is 0 Å². The van der Waals surface area contributed by atoms with Crippen LogP contribution in [0.4, 0.5) is 12.9 Å². The van der Waals surface area contributed by atoms with E-state index >= 15 is 0 Å². The van der Waals surface area contributed by atoms with E-state index in [-0.39, 0.29) is 63.7 Å². The van der Waals surface area contributed by atoms with Gasteiger partial charge in [-0.15, -0.1) is 5.46 Å². The molecule has 0 aromatic heterocycles. The molecule has 82 valence electrons. The van der Waals surface area contributed by atoms with Crippen molar-refractivity contribution in [2.24, 2.45) is 0 Å². The Kier molecular flexibility index (Phi) is 6.97. The zero-order chi connectivity index (χ0) is 11.5. The zero-order valence-electron chi connectivity index (χ0n) is 9.34. The Labute approximate surface area is 136 Å². The molecule has 16 heavy (non-hydrogen) atoms. The molecular formula is C10H11BF3KO. The summed E-state index contributed by atoms with van der Waals surface area (Å²) in [6.45, 7) is 0.619. The van der Waals surface area contributed by atoms with Crippen molar-refractivity contribution in [2.75, 3.05) is 6.61 Å². The monoisotopic (exact) mass is 254 g/mol. The Bertz CT molecular complexity index is 365. The largest absolute Gasteiger partial charge is 1.00 e. The predicted molar refractivity (Wildman–Crippen MR) is 55.5 cm³/mol. The van der Waals surface area contributed by atoms with Gasteiger partial charge in [0.05, 0.1) is 0 Å². The summed E-state index contributed by atoms with van der Waals surface area (Å²) >= 11 is 0. The van der Waals surface area contributed by atoms with Gasteiger partial charge in [0.15, 0.2) is 0 Å². The van der Waals surface area contributed by atoms with E-state index in [2.05, 4.69) is 6.58 Å². The quantitative estimate of drug-likeness (QED) is 0.529. The van der Waals surface area contributed by atoms with Gasteiger partial charge in [-0.3, -0.25) is 0 Å². The first kappa shape index (κ1) is 16.3. The molecule has 0 aliphatic heterocycles. The molecule has 1 aromatic carbocycles. The van der Waals surface area contributed by atoms with Gasteiger partial charge in [0.1, 0.15) is 12.4 Å². The second-order valence-electron chi connectivity index (χ2n) is 3.39. The van der Waals surface area contributed by atoms with Crippen molar-refractivity contribution in [3.63, 3.8) is 0 Å². The zero-order valence-corrected chi connectivity index (χ0v) is 12.5. The van der Waals surface area contributed by atoms with E-state index in [1.54, 1.807) is 6.92 Å². The summed E-state index contributed by atoms with van der Waals surface area (Å²) in [6.07, 6.45) is 0. The SMILES string of the molecule is C=C(C)COc1cccc([B-](F)(F)F)c1.[K+]. The van der Waals surface area contributed by atoms with Crippen molar-refractivity contribution < 1.29 is 69.1 Å². The molecule has 0 fully saturated rings. The normalized spacial score (nSPS) is 10.5. The Morgan fingerprint density at radius 3 is 2.50 bits per heavy atom. The van der Waals surface area contributed by atoms with Crippen molar-refractivity contribution in [2.45, 2.75) is 6.92 Å². The van der Waals surface area contributed by atoms with E-state index in [0.29, 0.717) is 0 Å². The summed E-state index contributed by atoms with van der Waals surface area (Å²) in [6, 6.07) is 4.86. The topological polar surface area (TPSA) is 9.23 Å². The molecule has 0 radical (unpaired) electrons. The van der Waals surface area contributed by atoms with Gasteiger partial charge in [-0.05, 0) is 24.6 Å². The Morgan fingerprint density at radius 2 is 2.00 bits per heavy atom. The number of hydrogen-bond acceptors (Lipinski definition) is 1. The summed E-state index contributed by atoms with van der Waals surface area (Å²) in [7, 11) is 0. The maximum Gasteiger partial charge on any atom is 1.00 e.